The number of amides is 2. The number of nitrogens with zero attached hydrogens (tertiary/aromatic N) is 2. The third-order valence-corrected chi connectivity index (χ3v) is 3.07. The largest absolute Gasteiger partial charge is 0.347 e. The van der Waals surface area contributed by atoms with Gasteiger partial charge in [-0.1, -0.05) is 18.2 Å². The van der Waals surface area contributed by atoms with Crippen LogP contribution in [0.1, 0.15) is 17.4 Å². The molecule has 1 heterocycles. The third kappa shape index (κ3) is 2.91. The van der Waals surface area contributed by atoms with Crippen molar-refractivity contribution in [3.8, 4) is 0 Å². The summed E-state index contributed by atoms with van der Waals surface area (Å²) in [4.78, 5) is 37.1. The fourth-order valence-electron chi connectivity index (χ4n) is 2.00. The van der Waals surface area contributed by atoms with E-state index in [1.807, 2.05) is 0 Å². The minimum absolute atomic E-state index is 0.0867. The van der Waals surface area contributed by atoms with Gasteiger partial charge in [0.25, 0.3) is 11.5 Å². The lowest BCUT2D eigenvalue weighted by Crippen LogP contribution is -2.44. The van der Waals surface area contributed by atoms with E-state index in [1.165, 1.54) is 4.90 Å². The lowest BCUT2D eigenvalue weighted by atomic mass is 10.1. The summed E-state index contributed by atoms with van der Waals surface area (Å²) in [7, 11) is 3.22. The van der Waals surface area contributed by atoms with Crippen molar-refractivity contribution in [1.82, 2.24) is 20.4 Å². The molecule has 21 heavy (non-hydrogen) atoms. The van der Waals surface area contributed by atoms with Crippen molar-refractivity contribution >= 4 is 22.6 Å². The molecular weight excluding hydrogens is 272 g/mol. The van der Waals surface area contributed by atoms with Crippen LogP contribution in [0.3, 0.4) is 0 Å². The highest BCUT2D eigenvalue weighted by Gasteiger charge is 2.20. The molecular formula is C14H16N4O3. The van der Waals surface area contributed by atoms with Gasteiger partial charge in [-0.25, -0.2) is 5.10 Å². The molecule has 1 aromatic carbocycles. The molecule has 7 heteroatoms. The fraction of sp³-hybridized carbons (Fsp3) is 0.286. The average molecular weight is 288 g/mol. The van der Waals surface area contributed by atoms with Crippen LogP contribution in [-0.4, -0.2) is 47.0 Å². The Morgan fingerprint density at radius 1 is 1.24 bits per heavy atom. The van der Waals surface area contributed by atoms with Gasteiger partial charge in [0.15, 0.2) is 5.69 Å². The van der Waals surface area contributed by atoms with Gasteiger partial charge in [0.1, 0.15) is 6.04 Å². The van der Waals surface area contributed by atoms with Gasteiger partial charge in [-0.05, 0) is 13.0 Å². The van der Waals surface area contributed by atoms with E-state index in [-0.39, 0.29) is 17.2 Å². The van der Waals surface area contributed by atoms with Crippen LogP contribution >= 0.6 is 0 Å². The predicted molar refractivity (Wildman–Crippen MR) is 78.0 cm³/mol. The molecule has 1 atom stereocenters. The number of carbonyl (C=O) groups excluding carboxylic acids is 2. The molecule has 2 aromatic rings. The normalized spacial score (nSPS) is 12.0. The van der Waals surface area contributed by atoms with Crippen molar-refractivity contribution in [1.29, 1.82) is 0 Å². The Morgan fingerprint density at radius 2 is 1.86 bits per heavy atom. The number of hydrogen-bond donors (Lipinski definition) is 2. The Balaban J connectivity index is 2.35. The summed E-state index contributed by atoms with van der Waals surface area (Å²) < 4.78 is 0. The molecule has 2 N–H and O–H groups in total. The first-order chi connectivity index (χ1) is 9.91. The topological polar surface area (TPSA) is 95.2 Å². The van der Waals surface area contributed by atoms with Crippen LogP contribution in [0, 0.1) is 0 Å². The summed E-state index contributed by atoms with van der Waals surface area (Å²) >= 11 is 0. The molecule has 0 aliphatic carbocycles. The number of rotatable bonds is 3. The zero-order chi connectivity index (χ0) is 15.6. The second-order valence-electron chi connectivity index (χ2n) is 4.87. The van der Waals surface area contributed by atoms with Gasteiger partial charge in [-0.3, -0.25) is 14.4 Å². The van der Waals surface area contributed by atoms with E-state index in [9.17, 15) is 14.4 Å². The zero-order valence-corrected chi connectivity index (χ0v) is 12.0. The molecule has 110 valence electrons. The average Bonchev–Trinajstić information content (AvgIpc) is 2.46. The van der Waals surface area contributed by atoms with E-state index in [1.54, 1.807) is 45.3 Å². The van der Waals surface area contributed by atoms with Gasteiger partial charge in [-0.15, -0.1) is 0 Å². The van der Waals surface area contributed by atoms with Gasteiger partial charge < -0.3 is 10.2 Å². The molecule has 0 spiro atoms. The maximum absolute atomic E-state index is 12.2. The quantitative estimate of drug-likeness (QED) is 0.839. The molecule has 2 rings (SSSR count). The first kappa shape index (κ1) is 14.7. The van der Waals surface area contributed by atoms with Crippen LogP contribution < -0.4 is 10.9 Å². The first-order valence-corrected chi connectivity index (χ1v) is 6.41. The number of fused-ring (bicyclic) bond motifs is 1. The lowest BCUT2D eigenvalue weighted by molar-refractivity contribution is -0.130. The van der Waals surface area contributed by atoms with E-state index in [0.29, 0.717) is 10.8 Å². The second-order valence-corrected chi connectivity index (χ2v) is 4.87. The van der Waals surface area contributed by atoms with Crippen LogP contribution in [0.2, 0.25) is 0 Å². The first-order valence-electron chi connectivity index (χ1n) is 6.41. The fourth-order valence-corrected chi connectivity index (χ4v) is 2.00. The van der Waals surface area contributed by atoms with Crippen molar-refractivity contribution in [3.63, 3.8) is 0 Å². The summed E-state index contributed by atoms with van der Waals surface area (Å²) in [5.74, 6) is -0.734. The molecule has 0 aliphatic rings. The number of likely N-dealkylation sites (N-methyl/N-ethyl adjacent to an activating group) is 1. The number of benzene rings is 1. The third-order valence-electron chi connectivity index (χ3n) is 3.07. The highest BCUT2D eigenvalue weighted by Crippen LogP contribution is 2.12. The summed E-state index contributed by atoms with van der Waals surface area (Å²) in [5, 5.41) is 9.48. The molecule has 1 unspecified atom stereocenters. The highest BCUT2D eigenvalue weighted by atomic mass is 16.2. The molecule has 1 aromatic heterocycles. The highest BCUT2D eigenvalue weighted by molar-refractivity contribution is 6.05. The second kappa shape index (κ2) is 5.74. The molecule has 0 saturated carbocycles. The Morgan fingerprint density at radius 3 is 2.48 bits per heavy atom. The smallest absolute Gasteiger partial charge is 0.273 e. The number of H-pyrrole nitrogens is 1. The SMILES string of the molecule is CC(NC(=O)c1n[nH]c(=O)c2ccccc12)C(=O)N(C)C. The number of aromatic amines is 1. The van der Waals surface area contributed by atoms with Crippen LogP contribution in [0.5, 0.6) is 0 Å². The van der Waals surface area contributed by atoms with Gasteiger partial charge >= 0.3 is 0 Å². The maximum Gasteiger partial charge on any atom is 0.273 e. The van der Waals surface area contributed by atoms with Gasteiger partial charge in [-0.2, -0.15) is 5.10 Å². The van der Waals surface area contributed by atoms with Crippen molar-refractivity contribution < 1.29 is 9.59 Å². The standard InChI is InChI=1S/C14H16N4O3/c1-8(14(21)18(2)3)15-13(20)11-9-6-4-5-7-10(9)12(19)17-16-11/h4-8H,1-3H3,(H,15,20)(H,17,19). The van der Waals surface area contributed by atoms with E-state index in [4.69, 9.17) is 0 Å². The Bertz CT molecular complexity index is 751. The molecule has 0 radical (unpaired) electrons. The summed E-state index contributed by atoms with van der Waals surface area (Å²) in [6, 6.07) is 6.00. The van der Waals surface area contributed by atoms with Gasteiger partial charge in [0.05, 0.1) is 5.39 Å². The van der Waals surface area contributed by atoms with Crippen molar-refractivity contribution in [2.75, 3.05) is 14.1 Å². The van der Waals surface area contributed by atoms with Gasteiger partial charge in [0, 0.05) is 19.5 Å². The van der Waals surface area contributed by atoms with Gasteiger partial charge in [0.2, 0.25) is 5.91 Å². The summed E-state index contributed by atoms with van der Waals surface area (Å²) in [5.41, 5.74) is -0.275. The van der Waals surface area contributed by atoms with Crippen molar-refractivity contribution in [2.45, 2.75) is 13.0 Å². The predicted octanol–water partition coefficient (Wildman–Crippen LogP) is 0.130. The molecule has 7 nitrogen and oxygen atoms in total. The van der Waals surface area contributed by atoms with Crippen LogP contribution in [0.15, 0.2) is 29.1 Å². The zero-order valence-electron chi connectivity index (χ0n) is 12.0. The maximum atomic E-state index is 12.2. The van der Waals surface area contributed by atoms with E-state index in [0.717, 1.165) is 0 Å². The van der Waals surface area contributed by atoms with Crippen LogP contribution in [0.4, 0.5) is 0 Å². The van der Waals surface area contributed by atoms with Crippen LogP contribution in [-0.2, 0) is 4.79 Å². The van der Waals surface area contributed by atoms with Crippen molar-refractivity contribution in [2.24, 2.45) is 0 Å². The minimum atomic E-state index is -0.681. The van der Waals surface area contributed by atoms with E-state index < -0.39 is 11.9 Å². The molecule has 0 aliphatic heterocycles. The van der Waals surface area contributed by atoms with E-state index >= 15 is 0 Å². The Kier molecular flexibility index (Phi) is 4.02. The Labute approximate surface area is 121 Å². The number of nitrogens with one attached hydrogen (secondary N) is 2. The van der Waals surface area contributed by atoms with E-state index in [2.05, 4.69) is 15.5 Å². The van der Waals surface area contributed by atoms with Crippen molar-refractivity contribution in [3.05, 3.63) is 40.3 Å². The number of hydrogen-bond acceptors (Lipinski definition) is 4. The summed E-state index contributed by atoms with van der Waals surface area (Å²) in [6.07, 6.45) is 0. The number of carbonyl (C=O) groups is 2. The molecule has 0 fully saturated rings. The minimum Gasteiger partial charge on any atom is -0.347 e. The summed E-state index contributed by atoms with van der Waals surface area (Å²) in [6.45, 7) is 1.59. The van der Waals surface area contributed by atoms with Crippen LogP contribution in [0.25, 0.3) is 10.8 Å². The molecule has 0 bridgehead atoms. The lowest BCUT2D eigenvalue weighted by Gasteiger charge is -2.17. The molecule has 0 saturated heterocycles. The number of aromatic nitrogens is 2. The Hall–Kier alpha value is -2.70. The molecule has 2 amide bonds. The monoisotopic (exact) mass is 288 g/mol.